The number of β-amino-alcohol motifs (C(OH)–C–C–N with tert-alkyl or cyclic N) is 1. The minimum Gasteiger partial charge on any atom is -0.491 e. The van der Waals surface area contributed by atoms with Crippen LogP contribution in [-0.2, 0) is 43.1 Å². The summed E-state index contributed by atoms with van der Waals surface area (Å²) >= 11 is 7.26. The molecule has 0 spiro atoms. The second kappa shape index (κ2) is 23.4. The van der Waals surface area contributed by atoms with E-state index in [1.54, 1.807) is 77.5 Å². The van der Waals surface area contributed by atoms with Crippen molar-refractivity contribution >= 4 is 63.7 Å². The summed E-state index contributed by atoms with van der Waals surface area (Å²) in [7, 11) is 0. The number of thiocarbonyl (C=S) groups is 1. The molecule has 5 atom stereocenters. The highest BCUT2D eigenvalue weighted by Crippen LogP contribution is 2.41. The number of hydrogen-bond acceptors (Lipinski definition) is 12. The second-order valence-electron chi connectivity index (χ2n) is 20.1. The summed E-state index contributed by atoms with van der Waals surface area (Å²) in [5.74, 6) is -0.781. The summed E-state index contributed by atoms with van der Waals surface area (Å²) in [4.78, 5) is 62.1. The zero-order chi connectivity index (χ0) is 55.5. The third-order valence-electron chi connectivity index (χ3n) is 14.1. The summed E-state index contributed by atoms with van der Waals surface area (Å²) in [5, 5.41) is 25.0. The van der Waals surface area contributed by atoms with E-state index in [1.165, 1.54) is 11.0 Å². The van der Waals surface area contributed by atoms with Gasteiger partial charge >= 0.3 is 6.18 Å². The van der Waals surface area contributed by atoms with Crippen molar-refractivity contribution in [1.82, 2.24) is 15.1 Å². The molecule has 77 heavy (non-hydrogen) atoms. The highest BCUT2D eigenvalue weighted by atomic mass is 32.1. The molecule has 0 bridgehead atoms. The molecule has 2 N–H and O–H groups in total. The maximum Gasteiger partial charge on any atom is 0.417 e. The molecule has 15 nitrogen and oxygen atoms in total. The molecule has 0 radical (unpaired) electrons. The minimum absolute atomic E-state index is 0.0202. The number of halogens is 3. The molecule has 0 aliphatic carbocycles. The number of amides is 4. The largest absolute Gasteiger partial charge is 0.491 e. The average Bonchev–Trinajstić information content (AvgIpc) is 4.20. The quantitative estimate of drug-likeness (QED) is 0.0560. The monoisotopic (exact) mass is 1090 g/mol. The van der Waals surface area contributed by atoms with Crippen molar-refractivity contribution < 1.29 is 56.4 Å². The Hall–Kier alpha value is -6.89. The number of rotatable bonds is 20. The number of benzene rings is 4. The Bertz CT molecular complexity index is 3070. The van der Waals surface area contributed by atoms with Crippen LogP contribution >= 0.6 is 23.6 Å². The lowest BCUT2D eigenvalue weighted by Gasteiger charge is -2.35. The minimum atomic E-state index is -4.81. The Morgan fingerprint density at radius 1 is 0.909 bits per heavy atom. The first-order chi connectivity index (χ1) is 36.6. The number of fused-ring (bicyclic) bond motifs is 1. The number of carbonyl (C=O) groups is 4. The predicted molar refractivity (Wildman–Crippen MR) is 288 cm³/mol. The highest BCUT2D eigenvalue weighted by Gasteiger charge is 2.51. The Morgan fingerprint density at radius 2 is 1.58 bits per heavy atom. The fourth-order valence-corrected chi connectivity index (χ4v) is 11.3. The van der Waals surface area contributed by atoms with E-state index in [9.17, 15) is 42.7 Å². The van der Waals surface area contributed by atoms with Crippen LogP contribution in [-0.4, -0.2) is 113 Å². The fraction of sp³-hybridized carbons (Fsp3) is 0.404. The van der Waals surface area contributed by atoms with Gasteiger partial charge in [-0.2, -0.15) is 18.4 Å². The Kier molecular flexibility index (Phi) is 17.1. The van der Waals surface area contributed by atoms with Gasteiger partial charge in [-0.3, -0.25) is 24.1 Å². The van der Waals surface area contributed by atoms with Gasteiger partial charge in [-0.15, -0.1) is 11.3 Å². The van der Waals surface area contributed by atoms with Gasteiger partial charge in [-0.25, -0.2) is 0 Å². The maximum absolute atomic E-state index is 14.3. The van der Waals surface area contributed by atoms with Crippen LogP contribution in [0.4, 0.5) is 24.5 Å². The van der Waals surface area contributed by atoms with E-state index in [4.69, 9.17) is 31.2 Å². The van der Waals surface area contributed by atoms with E-state index >= 15 is 0 Å². The third kappa shape index (κ3) is 12.0. The number of anilines is 2. The number of carbonyl (C=O) groups excluding carboxylic acids is 4. The highest BCUT2D eigenvalue weighted by molar-refractivity contribution is 7.81. The lowest BCUT2D eigenvalue weighted by atomic mass is 10.0. The van der Waals surface area contributed by atoms with Gasteiger partial charge in [0.05, 0.1) is 54.4 Å². The summed E-state index contributed by atoms with van der Waals surface area (Å²) in [6, 6.07) is 24.7. The summed E-state index contributed by atoms with van der Waals surface area (Å²) in [5.41, 5.74) is 1.60. The molecule has 0 saturated carbocycles. The van der Waals surface area contributed by atoms with Crippen LogP contribution in [0.15, 0.2) is 96.4 Å². The van der Waals surface area contributed by atoms with Crippen LogP contribution in [0.5, 0.6) is 11.5 Å². The fourth-order valence-electron chi connectivity index (χ4n) is 9.90. The van der Waals surface area contributed by atoms with Crippen LogP contribution < -0.4 is 24.6 Å². The number of thiophene rings is 1. The Morgan fingerprint density at radius 3 is 2.22 bits per heavy atom. The first kappa shape index (κ1) is 56.3. The van der Waals surface area contributed by atoms with Crippen molar-refractivity contribution in [3.05, 3.63) is 130 Å². The normalized spacial score (nSPS) is 18.4. The van der Waals surface area contributed by atoms with E-state index in [1.807, 2.05) is 76.4 Å². The zero-order valence-electron chi connectivity index (χ0n) is 43.8. The molecular weight excluding hydrogens is 1030 g/mol. The van der Waals surface area contributed by atoms with Crippen molar-refractivity contribution in [2.24, 2.45) is 5.92 Å². The number of alkyl halides is 3. The smallest absolute Gasteiger partial charge is 0.417 e. The average molecular weight is 1100 g/mol. The van der Waals surface area contributed by atoms with Gasteiger partial charge in [0.2, 0.25) is 11.8 Å². The molecular formula is C57H61F3N6O9S2. The number of aliphatic hydroxyl groups is 1. The predicted octanol–water partition coefficient (Wildman–Crippen LogP) is 9.06. The number of nitrogens with one attached hydrogen (secondary N) is 1. The summed E-state index contributed by atoms with van der Waals surface area (Å²) < 4.78 is 65.8. The number of nitriles is 1. The molecule has 406 valence electrons. The molecule has 4 heterocycles. The van der Waals surface area contributed by atoms with E-state index in [0.29, 0.717) is 28.3 Å². The first-order valence-electron chi connectivity index (χ1n) is 25.3. The molecule has 2 fully saturated rings. The van der Waals surface area contributed by atoms with Crippen LogP contribution in [0, 0.1) is 24.2 Å². The van der Waals surface area contributed by atoms with E-state index in [-0.39, 0.29) is 93.2 Å². The van der Waals surface area contributed by atoms with Crippen LogP contribution in [0.3, 0.4) is 0 Å². The first-order valence-corrected chi connectivity index (χ1v) is 26.6. The van der Waals surface area contributed by atoms with Gasteiger partial charge in [0.25, 0.3) is 11.8 Å². The van der Waals surface area contributed by atoms with Crippen LogP contribution in [0.1, 0.15) is 86.1 Å². The number of aryl methyl sites for hydroxylation is 1. The van der Waals surface area contributed by atoms with Crippen molar-refractivity contribution in [2.75, 3.05) is 42.8 Å². The molecule has 3 aliphatic rings. The van der Waals surface area contributed by atoms with Crippen molar-refractivity contribution in [2.45, 2.75) is 110 Å². The molecule has 3 aliphatic heterocycles. The van der Waals surface area contributed by atoms with E-state index < -0.39 is 52.8 Å². The Labute approximate surface area is 455 Å². The van der Waals surface area contributed by atoms with Gasteiger partial charge in [-0.05, 0) is 135 Å². The lowest BCUT2D eigenvalue weighted by Crippen LogP contribution is -2.55. The summed E-state index contributed by atoms with van der Waals surface area (Å²) in [6.07, 6.45) is -6.33. The molecule has 8 rings (SSSR count). The molecule has 20 heteroatoms. The number of nitrogens with zero attached hydrogens (tertiary/aromatic N) is 5. The molecule has 4 aromatic carbocycles. The molecule has 0 unspecified atom stereocenters. The number of hydrogen-bond donors (Lipinski definition) is 2. The molecule has 1 aromatic heterocycles. The number of likely N-dealkylation sites (tertiary alicyclic amines) is 1. The van der Waals surface area contributed by atoms with Gasteiger partial charge in [-0.1, -0.05) is 44.2 Å². The topological polar surface area (TPSA) is 174 Å². The standard InChI is InChI=1S/C57H61F3N6O9S2/c1-33(2)49(64-31-40-10-8-9-11-45(40)52(64)69)53(70)63-32-43(67)28-47(63)51(68)62-30-39-13-12-37(50-34(3)20-25-77-50)26-48(39)75-24-22-73-36(5)35(4)72-21-23-74-44-18-16-41(17-19-44)66-55(76)65(54(71)56(66,6)7)42-15-14-38(29-61)46(27-42)57(58,59)60/h8-20,25-27,33,35-36,43,47,49,67H,21-24,28,30-32H2,1-7H3,(H,62,68)/t35-,36-,43-,47+,49+/m1/s1. The zero-order valence-corrected chi connectivity index (χ0v) is 45.4. The van der Waals surface area contributed by atoms with Crippen molar-refractivity contribution in [1.29, 1.82) is 5.26 Å². The Balaban J connectivity index is 0.822. The summed E-state index contributed by atoms with van der Waals surface area (Å²) in [6.45, 7) is 13.9. The molecule has 4 amide bonds. The van der Waals surface area contributed by atoms with Crippen LogP contribution in [0.25, 0.3) is 10.4 Å². The van der Waals surface area contributed by atoms with E-state index in [0.717, 1.165) is 38.6 Å². The van der Waals surface area contributed by atoms with Gasteiger partial charge in [0, 0.05) is 47.7 Å². The number of aliphatic hydroxyl groups excluding tert-OH is 1. The number of ether oxygens (including phenoxy) is 4. The third-order valence-corrected chi connectivity index (χ3v) is 15.6. The van der Waals surface area contributed by atoms with Crippen LogP contribution in [0.2, 0.25) is 0 Å². The maximum atomic E-state index is 14.3. The second-order valence-corrected chi connectivity index (χ2v) is 21.4. The molecule has 2 saturated heterocycles. The van der Waals surface area contributed by atoms with Gasteiger partial charge < -0.3 is 44.1 Å². The lowest BCUT2D eigenvalue weighted by molar-refractivity contribution is -0.143. The SMILES string of the molecule is Cc1ccsc1-c1ccc(CNC(=O)[C@@H]2C[C@@H](O)CN2C(=O)[C@H](C(C)C)N2Cc3ccccc3C2=O)c(OCCO[C@H](C)[C@@H](C)OCCOc2ccc(N3C(=S)N(c4ccc(C#N)c(C(F)(F)F)c4)C(=O)C3(C)C)cc2)c1. The van der Waals surface area contributed by atoms with E-state index in [2.05, 4.69) is 5.32 Å². The van der Waals surface area contributed by atoms with Gasteiger partial charge in [0.15, 0.2) is 5.11 Å². The molecule has 5 aromatic rings. The van der Waals surface area contributed by atoms with Gasteiger partial charge in [0.1, 0.15) is 42.3 Å². The van der Waals surface area contributed by atoms with Crippen molar-refractivity contribution in [3.8, 4) is 28.0 Å². The van der Waals surface area contributed by atoms with Crippen molar-refractivity contribution in [3.63, 3.8) is 0 Å².